The van der Waals surface area contributed by atoms with E-state index in [9.17, 15) is 0 Å². The molecule has 0 spiro atoms. The van der Waals surface area contributed by atoms with E-state index in [1.165, 1.54) is 38.5 Å². The van der Waals surface area contributed by atoms with Crippen LogP contribution >= 0.6 is 0 Å². The maximum absolute atomic E-state index is 6.36. The SMILES string of the molecule is C=CCn1c(C(C)C)nc(C2CCCCCC2)c1N. The number of hydrogen-bond donors (Lipinski definition) is 1. The van der Waals surface area contributed by atoms with Crippen molar-refractivity contribution < 1.29 is 0 Å². The van der Waals surface area contributed by atoms with Gasteiger partial charge in [0.05, 0.1) is 5.69 Å². The van der Waals surface area contributed by atoms with Gasteiger partial charge in [-0.1, -0.05) is 45.6 Å². The van der Waals surface area contributed by atoms with Crippen LogP contribution in [0.2, 0.25) is 0 Å². The number of imidazole rings is 1. The number of anilines is 1. The Morgan fingerprint density at radius 3 is 2.47 bits per heavy atom. The number of allylic oxidation sites excluding steroid dienone is 1. The number of nitrogen functional groups attached to an aromatic ring is 1. The van der Waals surface area contributed by atoms with Gasteiger partial charge in [0.25, 0.3) is 0 Å². The van der Waals surface area contributed by atoms with E-state index in [1.807, 2.05) is 6.08 Å². The summed E-state index contributed by atoms with van der Waals surface area (Å²) in [7, 11) is 0. The number of aromatic nitrogens is 2. The van der Waals surface area contributed by atoms with Gasteiger partial charge in [0.15, 0.2) is 0 Å². The molecular formula is C16H27N3. The fourth-order valence-electron chi connectivity index (χ4n) is 3.12. The molecule has 1 aromatic heterocycles. The van der Waals surface area contributed by atoms with E-state index in [2.05, 4.69) is 25.0 Å². The standard InChI is InChI=1S/C16H27N3/c1-4-11-19-15(17)14(18-16(19)12(2)3)13-9-7-5-6-8-10-13/h4,12-13H,1,5-11,17H2,2-3H3. The Hall–Kier alpha value is -1.25. The second-order valence-electron chi connectivity index (χ2n) is 5.98. The summed E-state index contributed by atoms with van der Waals surface area (Å²) in [5.41, 5.74) is 7.51. The van der Waals surface area contributed by atoms with Crippen molar-refractivity contribution in [3.63, 3.8) is 0 Å². The quantitative estimate of drug-likeness (QED) is 0.651. The molecule has 0 aromatic carbocycles. The topological polar surface area (TPSA) is 43.8 Å². The Labute approximate surface area is 116 Å². The third kappa shape index (κ3) is 3.02. The van der Waals surface area contributed by atoms with Crippen molar-refractivity contribution in [3.8, 4) is 0 Å². The highest BCUT2D eigenvalue weighted by atomic mass is 15.1. The predicted molar refractivity (Wildman–Crippen MR) is 81.4 cm³/mol. The van der Waals surface area contributed by atoms with Crippen LogP contribution in [0.3, 0.4) is 0 Å². The van der Waals surface area contributed by atoms with Crippen LogP contribution in [0.4, 0.5) is 5.82 Å². The molecule has 0 atom stereocenters. The summed E-state index contributed by atoms with van der Waals surface area (Å²) in [6.45, 7) is 8.95. The van der Waals surface area contributed by atoms with Crippen LogP contribution in [0.5, 0.6) is 0 Å². The molecule has 0 radical (unpaired) electrons. The summed E-state index contributed by atoms with van der Waals surface area (Å²) in [5, 5.41) is 0. The summed E-state index contributed by atoms with van der Waals surface area (Å²) < 4.78 is 2.14. The first-order chi connectivity index (χ1) is 9.15. The smallest absolute Gasteiger partial charge is 0.127 e. The van der Waals surface area contributed by atoms with Gasteiger partial charge in [-0.2, -0.15) is 0 Å². The van der Waals surface area contributed by atoms with Crippen molar-refractivity contribution in [2.24, 2.45) is 0 Å². The van der Waals surface area contributed by atoms with E-state index in [0.29, 0.717) is 11.8 Å². The van der Waals surface area contributed by atoms with E-state index in [-0.39, 0.29) is 0 Å². The zero-order valence-electron chi connectivity index (χ0n) is 12.4. The van der Waals surface area contributed by atoms with Gasteiger partial charge in [-0.15, -0.1) is 6.58 Å². The van der Waals surface area contributed by atoms with Gasteiger partial charge in [-0.3, -0.25) is 0 Å². The molecule has 0 aliphatic heterocycles. The molecule has 2 N–H and O–H groups in total. The van der Waals surface area contributed by atoms with Crippen LogP contribution in [0.1, 0.15) is 75.7 Å². The molecule has 1 aromatic rings. The second kappa shape index (κ2) is 6.27. The molecule has 1 heterocycles. The van der Waals surface area contributed by atoms with Gasteiger partial charge in [-0.05, 0) is 12.8 Å². The van der Waals surface area contributed by atoms with E-state index in [0.717, 1.165) is 23.9 Å². The van der Waals surface area contributed by atoms with E-state index in [4.69, 9.17) is 10.7 Å². The first-order valence-corrected chi connectivity index (χ1v) is 7.61. The molecule has 2 rings (SSSR count). The monoisotopic (exact) mass is 261 g/mol. The normalized spacial score (nSPS) is 17.6. The van der Waals surface area contributed by atoms with Crippen LogP contribution in [-0.4, -0.2) is 9.55 Å². The number of hydrogen-bond acceptors (Lipinski definition) is 2. The minimum atomic E-state index is 0.404. The molecule has 1 saturated carbocycles. The number of nitrogens with zero attached hydrogens (tertiary/aromatic N) is 2. The lowest BCUT2D eigenvalue weighted by atomic mass is 9.96. The Balaban J connectivity index is 2.33. The van der Waals surface area contributed by atoms with Crippen molar-refractivity contribution in [2.45, 2.75) is 70.8 Å². The molecule has 3 heteroatoms. The summed E-state index contributed by atoms with van der Waals surface area (Å²) >= 11 is 0. The second-order valence-corrected chi connectivity index (χ2v) is 5.98. The van der Waals surface area contributed by atoms with Crippen LogP contribution in [0, 0.1) is 0 Å². The molecule has 106 valence electrons. The fraction of sp³-hybridized carbons (Fsp3) is 0.688. The molecule has 1 aliphatic carbocycles. The Morgan fingerprint density at radius 2 is 1.95 bits per heavy atom. The zero-order valence-corrected chi connectivity index (χ0v) is 12.4. The Morgan fingerprint density at radius 1 is 1.32 bits per heavy atom. The maximum atomic E-state index is 6.36. The van der Waals surface area contributed by atoms with E-state index >= 15 is 0 Å². The molecule has 19 heavy (non-hydrogen) atoms. The van der Waals surface area contributed by atoms with Crippen molar-refractivity contribution in [3.05, 3.63) is 24.2 Å². The van der Waals surface area contributed by atoms with Crippen molar-refractivity contribution >= 4 is 5.82 Å². The van der Waals surface area contributed by atoms with Crippen molar-refractivity contribution in [1.29, 1.82) is 0 Å². The summed E-state index contributed by atoms with van der Waals surface area (Å²) in [6, 6.07) is 0. The minimum absolute atomic E-state index is 0.404. The first kappa shape index (κ1) is 14.2. The van der Waals surface area contributed by atoms with Gasteiger partial charge in [-0.25, -0.2) is 4.98 Å². The molecule has 3 nitrogen and oxygen atoms in total. The van der Waals surface area contributed by atoms with Crippen LogP contribution in [0.15, 0.2) is 12.7 Å². The predicted octanol–water partition coefficient (Wildman–Crippen LogP) is 4.21. The molecule has 0 amide bonds. The average Bonchev–Trinajstić information content (AvgIpc) is 2.58. The van der Waals surface area contributed by atoms with Gasteiger partial charge in [0, 0.05) is 18.4 Å². The van der Waals surface area contributed by atoms with Crippen LogP contribution < -0.4 is 5.73 Å². The summed E-state index contributed by atoms with van der Waals surface area (Å²) in [5.74, 6) is 2.94. The third-order valence-corrected chi connectivity index (χ3v) is 4.13. The number of rotatable bonds is 4. The lowest BCUT2D eigenvalue weighted by molar-refractivity contribution is 0.579. The van der Waals surface area contributed by atoms with Gasteiger partial charge in [0.2, 0.25) is 0 Å². The largest absolute Gasteiger partial charge is 0.384 e. The number of nitrogens with two attached hydrogens (primary N) is 1. The zero-order chi connectivity index (χ0) is 13.8. The van der Waals surface area contributed by atoms with Crippen molar-refractivity contribution in [2.75, 3.05) is 5.73 Å². The molecule has 1 aliphatic rings. The lowest BCUT2D eigenvalue weighted by Crippen LogP contribution is -2.08. The molecule has 1 fully saturated rings. The molecule has 0 saturated heterocycles. The highest BCUT2D eigenvalue weighted by molar-refractivity contribution is 5.41. The van der Waals surface area contributed by atoms with Crippen LogP contribution in [0.25, 0.3) is 0 Å². The third-order valence-electron chi connectivity index (χ3n) is 4.13. The average molecular weight is 261 g/mol. The van der Waals surface area contributed by atoms with E-state index in [1.54, 1.807) is 0 Å². The summed E-state index contributed by atoms with van der Waals surface area (Å²) in [6.07, 6.45) is 9.74. The van der Waals surface area contributed by atoms with E-state index < -0.39 is 0 Å². The first-order valence-electron chi connectivity index (χ1n) is 7.61. The highest BCUT2D eigenvalue weighted by Gasteiger charge is 2.23. The minimum Gasteiger partial charge on any atom is -0.384 e. The fourth-order valence-corrected chi connectivity index (χ4v) is 3.12. The van der Waals surface area contributed by atoms with Gasteiger partial charge < -0.3 is 10.3 Å². The Bertz CT molecular complexity index is 423. The van der Waals surface area contributed by atoms with Gasteiger partial charge in [0.1, 0.15) is 11.6 Å². The molecule has 0 unspecified atom stereocenters. The van der Waals surface area contributed by atoms with Crippen molar-refractivity contribution in [1.82, 2.24) is 9.55 Å². The highest BCUT2D eigenvalue weighted by Crippen LogP contribution is 2.35. The molecule has 0 bridgehead atoms. The summed E-state index contributed by atoms with van der Waals surface area (Å²) in [4.78, 5) is 4.88. The Kier molecular flexibility index (Phi) is 4.67. The lowest BCUT2D eigenvalue weighted by Gasteiger charge is -2.12. The molecular weight excluding hydrogens is 234 g/mol. The van der Waals surface area contributed by atoms with Crippen LogP contribution in [-0.2, 0) is 6.54 Å². The maximum Gasteiger partial charge on any atom is 0.127 e. The van der Waals surface area contributed by atoms with Gasteiger partial charge >= 0.3 is 0 Å².